The number of hydrogen-bond donors (Lipinski definition) is 1. The van der Waals surface area contributed by atoms with Gasteiger partial charge in [0.2, 0.25) is 0 Å². The number of para-hydroxylation sites is 1. The number of thioether (sulfide) groups is 3. The van der Waals surface area contributed by atoms with Crippen molar-refractivity contribution in [2.24, 2.45) is 0 Å². The molecule has 0 aromatic heterocycles. The van der Waals surface area contributed by atoms with Crippen molar-refractivity contribution in [1.82, 2.24) is 0 Å². The van der Waals surface area contributed by atoms with Crippen LogP contribution in [-0.2, 0) is 19.1 Å². The number of anilines is 1. The van der Waals surface area contributed by atoms with Crippen molar-refractivity contribution in [3.63, 3.8) is 0 Å². The summed E-state index contributed by atoms with van der Waals surface area (Å²) in [5, 5.41) is 5.45. The number of nitrogens with one attached hydrogen (secondary N) is 1. The summed E-state index contributed by atoms with van der Waals surface area (Å²) >= 11 is 4.42. The zero-order chi connectivity index (χ0) is 21.5. The summed E-state index contributed by atoms with van der Waals surface area (Å²) in [6.45, 7) is 8.44. The molecule has 30 heavy (non-hydrogen) atoms. The lowest BCUT2D eigenvalue weighted by atomic mass is 9.87. The summed E-state index contributed by atoms with van der Waals surface area (Å²) in [4.78, 5) is 27.3. The summed E-state index contributed by atoms with van der Waals surface area (Å²) in [5.41, 5.74) is 2.85. The standard InChI is InChI=1S/C22H23NO4S3/c1-5-26-19(24)15-11-22(28-12-16(30-22)20(25)27-6-2)17-13-9-7-8-10-14(13)23-21(3,4)18(17)29-15/h7-12,23H,5-6H2,1-4H3/t22-/m1/s1. The molecular formula is C22H23NO4S3. The van der Waals surface area contributed by atoms with Gasteiger partial charge >= 0.3 is 11.9 Å². The zero-order valence-electron chi connectivity index (χ0n) is 17.2. The average molecular weight is 462 g/mol. The molecule has 1 aromatic rings. The van der Waals surface area contributed by atoms with E-state index in [0.717, 1.165) is 21.7 Å². The van der Waals surface area contributed by atoms with E-state index < -0.39 is 4.08 Å². The number of esters is 2. The van der Waals surface area contributed by atoms with E-state index in [1.807, 2.05) is 23.6 Å². The molecule has 5 nitrogen and oxygen atoms in total. The highest BCUT2D eigenvalue weighted by molar-refractivity contribution is 8.25. The van der Waals surface area contributed by atoms with E-state index in [9.17, 15) is 9.59 Å². The van der Waals surface area contributed by atoms with E-state index in [0.29, 0.717) is 23.0 Å². The average Bonchev–Trinajstić information content (AvgIpc) is 3.12. The van der Waals surface area contributed by atoms with Crippen LogP contribution >= 0.6 is 35.3 Å². The van der Waals surface area contributed by atoms with Crippen LogP contribution in [0.1, 0.15) is 33.3 Å². The third-order valence-electron chi connectivity index (χ3n) is 4.88. The first-order valence-corrected chi connectivity index (χ1v) is 12.3. The van der Waals surface area contributed by atoms with Crippen molar-refractivity contribution in [2.45, 2.75) is 37.3 Å². The molecule has 4 rings (SSSR count). The molecule has 0 bridgehead atoms. The summed E-state index contributed by atoms with van der Waals surface area (Å²) in [7, 11) is 0. The van der Waals surface area contributed by atoms with Crippen molar-refractivity contribution in [1.29, 1.82) is 0 Å². The second-order valence-corrected chi connectivity index (χ2v) is 11.1. The van der Waals surface area contributed by atoms with Gasteiger partial charge < -0.3 is 14.8 Å². The SMILES string of the molecule is CCOC(=O)C1=C[C@]2(SC=C(C(=O)OCC)S2)C2=C(S1)C(C)(C)Nc1ccccc12. The number of ether oxygens (including phenoxy) is 2. The van der Waals surface area contributed by atoms with Gasteiger partial charge in [-0.05, 0) is 45.2 Å². The van der Waals surface area contributed by atoms with Gasteiger partial charge in [0.05, 0.1) is 23.7 Å². The van der Waals surface area contributed by atoms with E-state index in [1.165, 1.54) is 35.3 Å². The van der Waals surface area contributed by atoms with Crippen LogP contribution in [0.4, 0.5) is 5.69 Å². The number of carbonyl (C=O) groups is 2. The zero-order valence-corrected chi connectivity index (χ0v) is 19.7. The highest BCUT2D eigenvalue weighted by Crippen LogP contribution is 2.65. The second kappa shape index (κ2) is 8.05. The van der Waals surface area contributed by atoms with Gasteiger partial charge in [-0.1, -0.05) is 41.7 Å². The van der Waals surface area contributed by atoms with Crippen molar-refractivity contribution < 1.29 is 19.1 Å². The quantitative estimate of drug-likeness (QED) is 0.600. The Kier molecular flexibility index (Phi) is 5.76. The van der Waals surface area contributed by atoms with E-state index in [2.05, 4.69) is 31.3 Å². The van der Waals surface area contributed by atoms with Crippen LogP contribution in [0.15, 0.2) is 50.5 Å². The molecule has 3 aliphatic heterocycles. The summed E-state index contributed by atoms with van der Waals surface area (Å²) in [5.74, 6) is -0.673. The van der Waals surface area contributed by atoms with Gasteiger partial charge in [0, 0.05) is 21.7 Å². The number of benzene rings is 1. The van der Waals surface area contributed by atoms with Gasteiger partial charge in [-0.15, -0.1) is 11.8 Å². The summed E-state index contributed by atoms with van der Waals surface area (Å²) in [6, 6.07) is 8.17. The van der Waals surface area contributed by atoms with Gasteiger partial charge in [0.25, 0.3) is 0 Å². The fourth-order valence-corrected chi connectivity index (χ4v) is 8.02. The van der Waals surface area contributed by atoms with Crippen LogP contribution < -0.4 is 5.32 Å². The molecule has 3 aliphatic rings. The van der Waals surface area contributed by atoms with E-state index >= 15 is 0 Å². The Bertz CT molecular complexity index is 1010. The van der Waals surface area contributed by atoms with Crippen molar-refractivity contribution in [2.75, 3.05) is 18.5 Å². The molecule has 0 unspecified atom stereocenters. The molecule has 1 N–H and O–H groups in total. The van der Waals surface area contributed by atoms with E-state index in [4.69, 9.17) is 9.47 Å². The lowest BCUT2D eigenvalue weighted by Gasteiger charge is -2.44. The first-order chi connectivity index (χ1) is 14.3. The molecule has 158 valence electrons. The molecule has 0 saturated heterocycles. The van der Waals surface area contributed by atoms with Crippen molar-refractivity contribution in [3.05, 3.63) is 56.0 Å². The highest BCUT2D eigenvalue weighted by Gasteiger charge is 2.51. The third-order valence-corrected chi connectivity index (χ3v) is 9.14. The van der Waals surface area contributed by atoms with Gasteiger partial charge in [0.1, 0.15) is 8.98 Å². The molecule has 1 aromatic carbocycles. The van der Waals surface area contributed by atoms with Crippen molar-refractivity contribution >= 4 is 58.5 Å². The normalized spacial score (nSPS) is 23.7. The van der Waals surface area contributed by atoms with Crippen LogP contribution in [0.25, 0.3) is 5.57 Å². The molecule has 0 aliphatic carbocycles. The Morgan fingerprint density at radius 3 is 2.40 bits per heavy atom. The van der Waals surface area contributed by atoms with Gasteiger partial charge in [-0.25, -0.2) is 9.59 Å². The van der Waals surface area contributed by atoms with Crippen LogP contribution in [0.5, 0.6) is 0 Å². The lowest BCUT2D eigenvalue weighted by molar-refractivity contribution is -0.138. The summed E-state index contributed by atoms with van der Waals surface area (Å²) in [6.07, 6.45) is 1.95. The Labute approximate surface area is 189 Å². The molecule has 1 spiro atoms. The molecule has 0 radical (unpaired) electrons. The first-order valence-electron chi connectivity index (χ1n) is 9.76. The van der Waals surface area contributed by atoms with Crippen LogP contribution in [0.2, 0.25) is 0 Å². The maximum absolute atomic E-state index is 12.7. The molecule has 1 atom stereocenters. The number of rotatable bonds is 4. The Morgan fingerprint density at radius 2 is 1.70 bits per heavy atom. The van der Waals surface area contributed by atoms with Crippen LogP contribution in [0, 0.1) is 0 Å². The maximum Gasteiger partial charge on any atom is 0.345 e. The smallest absolute Gasteiger partial charge is 0.345 e. The second-order valence-electron chi connectivity index (χ2n) is 7.42. The minimum atomic E-state index is -0.639. The minimum Gasteiger partial charge on any atom is -0.462 e. The molecule has 0 amide bonds. The van der Waals surface area contributed by atoms with Gasteiger partial charge in [-0.2, -0.15) is 0 Å². The Hall–Kier alpha value is -1.77. The number of carbonyl (C=O) groups excluding carboxylic acids is 2. The fourth-order valence-electron chi connectivity index (χ4n) is 3.67. The van der Waals surface area contributed by atoms with E-state index in [1.54, 1.807) is 13.8 Å². The highest BCUT2D eigenvalue weighted by atomic mass is 32.2. The molecule has 0 saturated carbocycles. The molecule has 3 heterocycles. The van der Waals surface area contributed by atoms with Crippen molar-refractivity contribution in [3.8, 4) is 0 Å². The third kappa shape index (κ3) is 3.59. The van der Waals surface area contributed by atoms with Gasteiger partial charge in [0.15, 0.2) is 0 Å². The lowest BCUT2D eigenvalue weighted by Crippen LogP contribution is -2.40. The minimum absolute atomic E-state index is 0.312. The maximum atomic E-state index is 12.7. The Morgan fingerprint density at radius 1 is 1.03 bits per heavy atom. The number of fused-ring (bicyclic) bond motifs is 3. The van der Waals surface area contributed by atoms with Gasteiger partial charge in [-0.3, -0.25) is 0 Å². The monoisotopic (exact) mass is 461 g/mol. The predicted molar refractivity (Wildman–Crippen MR) is 126 cm³/mol. The molecule has 0 fully saturated rings. The first kappa shape index (κ1) is 21.5. The van der Waals surface area contributed by atoms with Crippen LogP contribution in [0.3, 0.4) is 0 Å². The number of hydrogen-bond acceptors (Lipinski definition) is 8. The van der Waals surface area contributed by atoms with Crippen LogP contribution in [-0.4, -0.2) is 34.8 Å². The largest absolute Gasteiger partial charge is 0.462 e. The Balaban J connectivity index is 1.86. The summed E-state index contributed by atoms with van der Waals surface area (Å²) < 4.78 is 9.91. The molecular weight excluding hydrogens is 438 g/mol. The van der Waals surface area contributed by atoms with E-state index in [-0.39, 0.29) is 17.5 Å². The molecule has 8 heteroatoms. The fraction of sp³-hybridized carbons (Fsp3) is 0.364. The predicted octanol–water partition coefficient (Wildman–Crippen LogP) is 5.38. The topological polar surface area (TPSA) is 64.6 Å².